The predicted molar refractivity (Wildman–Crippen MR) is 99.7 cm³/mol. The van der Waals surface area contributed by atoms with Crippen LogP contribution in [0, 0.1) is 0 Å². The van der Waals surface area contributed by atoms with Gasteiger partial charge in [-0.15, -0.1) is 0 Å². The van der Waals surface area contributed by atoms with Crippen molar-refractivity contribution in [1.29, 1.82) is 0 Å². The Labute approximate surface area is 155 Å². The summed E-state index contributed by atoms with van der Waals surface area (Å²) in [7, 11) is -3.41. The summed E-state index contributed by atoms with van der Waals surface area (Å²) in [6, 6.07) is 4.16. The van der Waals surface area contributed by atoms with E-state index in [0.29, 0.717) is 25.5 Å². The van der Waals surface area contributed by atoms with Gasteiger partial charge in [-0.25, -0.2) is 13.4 Å². The number of anilines is 1. The summed E-state index contributed by atoms with van der Waals surface area (Å²) < 4.78 is 32.7. The van der Waals surface area contributed by atoms with E-state index in [1.54, 1.807) is 16.4 Å². The lowest BCUT2D eigenvalue weighted by Crippen LogP contribution is -2.46. The second kappa shape index (κ2) is 7.80. The Morgan fingerprint density at radius 3 is 2.65 bits per heavy atom. The third-order valence-corrected chi connectivity index (χ3v) is 7.32. The average molecular weight is 381 g/mol. The number of hydrogen-bond acceptors (Lipinski definition) is 6. The van der Waals surface area contributed by atoms with E-state index in [1.165, 1.54) is 19.0 Å². The fourth-order valence-corrected chi connectivity index (χ4v) is 5.21. The van der Waals surface area contributed by atoms with Gasteiger partial charge in [0, 0.05) is 45.0 Å². The molecule has 0 radical (unpaired) electrons. The van der Waals surface area contributed by atoms with Crippen molar-refractivity contribution in [3.8, 4) is 0 Å². The van der Waals surface area contributed by atoms with Crippen LogP contribution in [0.25, 0.3) is 0 Å². The quantitative estimate of drug-likeness (QED) is 0.807. The van der Waals surface area contributed by atoms with Gasteiger partial charge in [0.2, 0.25) is 10.0 Å². The van der Waals surface area contributed by atoms with Gasteiger partial charge in [-0.05, 0) is 37.8 Å². The van der Waals surface area contributed by atoms with Crippen molar-refractivity contribution in [2.24, 2.45) is 0 Å². The predicted octanol–water partition coefficient (Wildman–Crippen LogP) is 1.53. The Hall–Kier alpha value is -1.22. The maximum Gasteiger partial charge on any atom is 0.244 e. The van der Waals surface area contributed by atoms with Gasteiger partial charge in [0.15, 0.2) is 0 Å². The van der Waals surface area contributed by atoms with Gasteiger partial charge < -0.3 is 10.1 Å². The zero-order valence-corrected chi connectivity index (χ0v) is 16.0. The minimum atomic E-state index is -3.41. The lowest BCUT2D eigenvalue weighted by atomic mass is 10.2. The Balaban J connectivity index is 1.32. The molecule has 1 saturated carbocycles. The lowest BCUT2D eigenvalue weighted by Gasteiger charge is -2.33. The molecule has 8 heteroatoms. The van der Waals surface area contributed by atoms with Gasteiger partial charge in [-0.3, -0.25) is 4.90 Å². The molecule has 3 fully saturated rings. The van der Waals surface area contributed by atoms with E-state index in [2.05, 4.69) is 15.2 Å². The number of morpholine rings is 1. The van der Waals surface area contributed by atoms with Crippen LogP contribution in [0.15, 0.2) is 23.2 Å². The number of ether oxygens (including phenoxy) is 1. The molecular weight excluding hydrogens is 352 g/mol. The Kier molecular flexibility index (Phi) is 5.45. The molecule has 3 heterocycles. The number of sulfonamides is 1. The number of aromatic nitrogens is 1. The van der Waals surface area contributed by atoms with Crippen LogP contribution in [-0.2, 0) is 14.8 Å². The smallest absolute Gasteiger partial charge is 0.244 e. The zero-order chi connectivity index (χ0) is 18.0. The molecule has 0 amide bonds. The highest BCUT2D eigenvalue weighted by Crippen LogP contribution is 2.28. The first kappa shape index (κ1) is 18.2. The number of pyridine rings is 1. The van der Waals surface area contributed by atoms with Crippen LogP contribution in [0.4, 0.5) is 5.82 Å². The molecule has 1 aliphatic carbocycles. The molecule has 1 unspecified atom stereocenters. The fraction of sp³-hybridized carbons (Fsp3) is 0.722. The lowest BCUT2D eigenvalue weighted by molar-refractivity contribution is -0.0241. The monoisotopic (exact) mass is 380 g/mol. The third-order valence-electron chi connectivity index (χ3n) is 5.43. The van der Waals surface area contributed by atoms with Gasteiger partial charge in [-0.2, -0.15) is 4.31 Å². The molecule has 7 nitrogen and oxygen atoms in total. The molecular formula is C18H28N4O3S. The molecule has 1 atom stereocenters. The van der Waals surface area contributed by atoms with E-state index in [-0.39, 0.29) is 11.0 Å². The molecule has 2 saturated heterocycles. The molecule has 1 N–H and O–H groups in total. The van der Waals surface area contributed by atoms with Crippen molar-refractivity contribution < 1.29 is 13.2 Å². The van der Waals surface area contributed by atoms with Crippen LogP contribution >= 0.6 is 0 Å². The molecule has 2 aliphatic heterocycles. The van der Waals surface area contributed by atoms with E-state index in [1.807, 2.05) is 0 Å². The number of hydrogen-bond donors (Lipinski definition) is 1. The highest BCUT2D eigenvalue weighted by Gasteiger charge is 2.33. The van der Waals surface area contributed by atoms with Crippen molar-refractivity contribution >= 4 is 15.8 Å². The van der Waals surface area contributed by atoms with Crippen molar-refractivity contribution in [1.82, 2.24) is 14.2 Å². The first-order valence-electron chi connectivity index (χ1n) is 9.69. The normalized spacial score (nSPS) is 25.9. The Bertz CT molecular complexity index is 700. The van der Waals surface area contributed by atoms with Gasteiger partial charge in [0.25, 0.3) is 0 Å². The molecule has 26 heavy (non-hydrogen) atoms. The van der Waals surface area contributed by atoms with Crippen LogP contribution in [0.5, 0.6) is 0 Å². The number of piperidine rings is 1. The zero-order valence-electron chi connectivity index (χ0n) is 15.1. The van der Waals surface area contributed by atoms with E-state index in [4.69, 9.17) is 4.74 Å². The van der Waals surface area contributed by atoms with Crippen LogP contribution in [0.2, 0.25) is 0 Å². The van der Waals surface area contributed by atoms with Gasteiger partial charge >= 0.3 is 0 Å². The largest absolute Gasteiger partial charge is 0.374 e. The first-order chi connectivity index (χ1) is 12.6. The van der Waals surface area contributed by atoms with Crippen molar-refractivity contribution in [3.63, 3.8) is 0 Å². The summed E-state index contributed by atoms with van der Waals surface area (Å²) in [6.45, 7) is 4.68. The molecule has 0 spiro atoms. The minimum Gasteiger partial charge on any atom is -0.374 e. The Morgan fingerprint density at radius 2 is 1.96 bits per heavy atom. The second-order valence-corrected chi connectivity index (χ2v) is 9.38. The highest BCUT2D eigenvalue weighted by atomic mass is 32.2. The van der Waals surface area contributed by atoms with E-state index in [0.717, 1.165) is 45.0 Å². The molecule has 1 aromatic rings. The van der Waals surface area contributed by atoms with Crippen molar-refractivity contribution in [2.45, 2.75) is 49.1 Å². The fourth-order valence-electron chi connectivity index (χ4n) is 3.75. The molecule has 3 aliphatic rings. The number of nitrogens with zero attached hydrogens (tertiary/aromatic N) is 3. The van der Waals surface area contributed by atoms with E-state index in [9.17, 15) is 8.42 Å². The van der Waals surface area contributed by atoms with Crippen LogP contribution in [0.3, 0.4) is 0 Å². The molecule has 4 rings (SSSR count). The van der Waals surface area contributed by atoms with Crippen LogP contribution in [0.1, 0.15) is 32.1 Å². The number of rotatable bonds is 6. The van der Waals surface area contributed by atoms with Gasteiger partial charge in [-0.1, -0.05) is 6.42 Å². The van der Waals surface area contributed by atoms with Crippen LogP contribution in [-0.4, -0.2) is 74.1 Å². The molecule has 0 aromatic carbocycles. The SMILES string of the molecule is O=S(=O)(c1ccc(NCC2CN(C3CC3)CCO2)nc1)N1CCCCC1. The highest BCUT2D eigenvalue weighted by molar-refractivity contribution is 7.89. The second-order valence-electron chi connectivity index (χ2n) is 7.44. The molecule has 0 bridgehead atoms. The minimum absolute atomic E-state index is 0.155. The first-order valence-corrected chi connectivity index (χ1v) is 11.1. The van der Waals surface area contributed by atoms with Crippen molar-refractivity contribution in [3.05, 3.63) is 18.3 Å². The molecule has 144 valence electrons. The third kappa shape index (κ3) is 4.19. The maximum absolute atomic E-state index is 12.6. The summed E-state index contributed by atoms with van der Waals surface area (Å²) in [5, 5.41) is 3.28. The Morgan fingerprint density at radius 1 is 1.15 bits per heavy atom. The van der Waals surface area contributed by atoms with E-state index >= 15 is 0 Å². The van der Waals surface area contributed by atoms with E-state index < -0.39 is 10.0 Å². The van der Waals surface area contributed by atoms with Gasteiger partial charge in [0.05, 0.1) is 12.7 Å². The van der Waals surface area contributed by atoms with Gasteiger partial charge in [0.1, 0.15) is 10.7 Å². The molecule has 1 aromatic heterocycles. The maximum atomic E-state index is 12.6. The number of nitrogens with one attached hydrogen (secondary N) is 1. The standard InChI is InChI=1S/C18H28N4O3S/c23-26(24,22-8-2-1-3-9-22)17-6-7-18(20-13-17)19-12-16-14-21(10-11-25-16)15-4-5-15/h6-7,13,15-16H,1-5,8-12,14H2,(H,19,20). The summed E-state index contributed by atoms with van der Waals surface area (Å²) in [4.78, 5) is 7.09. The topological polar surface area (TPSA) is 74.8 Å². The summed E-state index contributed by atoms with van der Waals surface area (Å²) in [5.41, 5.74) is 0. The summed E-state index contributed by atoms with van der Waals surface area (Å²) in [5.74, 6) is 0.690. The summed E-state index contributed by atoms with van der Waals surface area (Å²) >= 11 is 0. The van der Waals surface area contributed by atoms with Crippen LogP contribution < -0.4 is 5.32 Å². The van der Waals surface area contributed by atoms with Crippen molar-refractivity contribution in [2.75, 3.05) is 44.6 Å². The average Bonchev–Trinajstić information content (AvgIpc) is 3.53. The summed E-state index contributed by atoms with van der Waals surface area (Å²) in [6.07, 6.45) is 7.22.